The first-order valence-corrected chi connectivity index (χ1v) is 25.6. The SMILES string of the molecule is N#Cc1ccc(-c2ccc(-n3c4ccccc4c4c3ccc3c5ccccc5n(-c5ccccc5)c34)c(-c3c(C#N)cccc3-n3c4ccccc4c4c3ccc3c5ccccc5n(-c5ccccc5)c34)c2)c(C(F)(F)F)c1. The topological polar surface area (TPSA) is 67.3 Å². The van der Waals surface area contributed by atoms with Gasteiger partial charge in [-0.2, -0.15) is 23.7 Å². The average Bonchev–Trinajstić information content (AvgIpc) is 4.34. The molecule has 0 saturated carbocycles. The number of nitrogens with zero attached hydrogens (tertiary/aromatic N) is 6. The molecule has 4 aromatic heterocycles. The van der Waals surface area contributed by atoms with Gasteiger partial charge in [-0.25, -0.2) is 0 Å². The van der Waals surface area contributed by atoms with Gasteiger partial charge in [0.15, 0.2) is 0 Å². The smallest absolute Gasteiger partial charge is 0.309 e. The standard InChI is InChI=1S/C69H39F3N6/c70-69(71,72)55-38-42(40-73)30-32-47(55)43-31-35-60(77-58-27-13-9-23-52(58)65-62(77)36-33-50-48-21-7-11-25-56(48)75(67(50)65)45-17-3-1-4-18-45)54(39-43)64-44(41-74)16-15-29-61(64)78-59-28-14-10-24-53(59)66-63(78)37-34-51-49-22-8-12-26-57(49)76(68(51)66)46-19-5-2-6-20-46/h1-39H. The van der Waals surface area contributed by atoms with Crippen molar-refractivity contribution in [2.75, 3.05) is 0 Å². The molecule has 366 valence electrons. The number of nitriles is 2. The van der Waals surface area contributed by atoms with Crippen LogP contribution in [0.25, 0.3) is 132 Å². The molecule has 0 aliphatic heterocycles. The van der Waals surface area contributed by atoms with Gasteiger partial charge in [-0.05, 0) is 108 Å². The largest absolute Gasteiger partial charge is 0.417 e. The molecule has 0 radical (unpaired) electrons. The summed E-state index contributed by atoms with van der Waals surface area (Å²) >= 11 is 0. The molecular formula is C69H39F3N6. The van der Waals surface area contributed by atoms with Crippen molar-refractivity contribution in [2.45, 2.75) is 6.18 Å². The first-order chi connectivity index (χ1) is 38.3. The summed E-state index contributed by atoms with van der Waals surface area (Å²) in [5.41, 5.74) is 11.6. The van der Waals surface area contributed by atoms with Gasteiger partial charge in [0.2, 0.25) is 0 Å². The number of alkyl halides is 3. The van der Waals surface area contributed by atoms with Gasteiger partial charge < -0.3 is 18.3 Å². The van der Waals surface area contributed by atoms with Gasteiger partial charge in [0.05, 0.1) is 84.3 Å². The lowest BCUT2D eigenvalue weighted by molar-refractivity contribution is -0.137. The monoisotopic (exact) mass is 1010 g/mol. The zero-order valence-corrected chi connectivity index (χ0v) is 41.3. The maximum absolute atomic E-state index is 15.3. The van der Waals surface area contributed by atoms with E-state index >= 15 is 13.2 Å². The van der Waals surface area contributed by atoms with Gasteiger partial charge in [0.25, 0.3) is 0 Å². The molecule has 0 unspecified atom stereocenters. The number of rotatable bonds is 6. The Morgan fingerprint density at radius 3 is 1.35 bits per heavy atom. The maximum Gasteiger partial charge on any atom is 0.417 e. The molecule has 78 heavy (non-hydrogen) atoms. The van der Waals surface area contributed by atoms with Gasteiger partial charge in [-0.3, -0.25) is 0 Å². The molecule has 15 rings (SSSR count). The van der Waals surface area contributed by atoms with Gasteiger partial charge in [-0.15, -0.1) is 0 Å². The fourth-order valence-corrected chi connectivity index (χ4v) is 12.5. The minimum absolute atomic E-state index is 0.0883. The zero-order valence-electron chi connectivity index (χ0n) is 41.3. The van der Waals surface area contributed by atoms with Crippen LogP contribution in [0, 0.1) is 22.7 Å². The fraction of sp³-hybridized carbons (Fsp3) is 0.0145. The van der Waals surface area contributed by atoms with Gasteiger partial charge in [0, 0.05) is 65.6 Å². The van der Waals surface area contributed by atoms with Crippen molar-refractivity contribution in [1.29, 1.82) is 10.5 Å². The van der Waals surface area contributed by atoms with E-state index in [0.717, 1.165) is 105 Å². The van der Waals surface area contributed by atoms with E-state index in [1.54, 1.807) is 18.2 Å². The van der Waals surface area contributed by atoms with Gasteiger partial charge in [0.1, 0.15) is 0 Å². The predicted molar refractivity (Wildman–Crippen MR) is 309 cm³/mol. The molecule has 0 N–H and O–H groups in total. The van der Waals surface area contributed by atoms with Crippen LogP contribution >= 0.6 is 0 Å². The summed E-state index contributed by atoms with van der Waals surface area (Å²) in [5.74, 6) is 0. The van der Waals surface area contributed by atoms with Crippen molar-refractivity contribution in [3.05, 3.63) is 253 Å². The van der Waals surface area contributed by atoms with Crippen molar-refractivity contribution in [3.63, 3.8) is 0 Å². The lowest BCUT2D eigenvalue weighted by Crippen LogP contribution is -2.08. The molecule has 0 spiro atoms. The summed E-state index contributed by atoms with van der Waals surface area (Å²) in [6.07, 6.45) is -4.79. The fourth-order valence-electron chi connectivity index (χ4n) is 12.5. The van der Waals surface area contributed by atoms with Crippen molar-refractivity contribution >= 4 is 87.2 Å². The molecular weight excluding hydrogens is 970 g/mol. The molecule has 0 aliphatic rings. The summed E-state index contributed by atoms with van der Waals surface area (Å²) in [7, 11) is 0. The number of hydrogen-bond acceptors (Lipinski definition) is 2. The summed E-state index contributed by atoms with van der Waals surface area (Å²) in [5, 5.41) is 29.6. The Balaban J connectivity index is 1.09. The van der Waals surface area contributed by atoms with Crippen LogP contribution in [-0.2, 0) is 6.18 Å². The third-order valence-electron chi connectivity index (χ3n) is 15.6. The highest BCUT2D eigenvalue weighted by Gasteiger charge is 2.35. The van der Waals surface area contributed by atoms with Crippen LogP contribution < -0.4 is 0 Å². The van der Waals surface area contributed by atoms with E-state index in [4.69, 9.17) is 0 Å². The Bertz CT molecular complexity index is 5100. The summed E-state index contributed by atoms with van der Waals surface area (Å²) in [6.45, 7) is 0. The van der Waals surface area contributed by atoms with E-state index in [2.05, 4.69) is 146 Å². The van der Waals surface area contributed by atoms with E-state index in [1.807, 2.05) is 84.9 Å². The van der Waals surface area contributed by atoms with E-state index < -0.39 is 11.7 Å². The predicted octanol–water partition coefficient (Wildman–Crippen LogP) is 18.2. The number of hydrogen-bond donors (Lipinski definition) is 0. The number of fused-ring (bicyclic) bond motifs is 14. The van der Waals surface area contributed by atoms with Crippen molar-refractivity contribution in [2.24, 2.45) is 0 Å². The number of halogens is 3. The van der Waals surface area contributed by atoms with E-state index in [1.165, 1.54) is 12.1 Å². The molecule has 11 aromatic carbocycles. The molecule has 9 heteroatoms. The van der Waals surface area contributed by atoms with Crippen LogP contribution in [0.15, 0.2) is 237 Å². The summed E-state index contributed by atoms with van der Waals surface area (Å²) in [6, 6.07) is 81.9. The van der Waals surface area contributed by atoms with Gasteiger partial charge in [-0.1, -0.05) is 140 Å². The highest BCUT2D eigenvalue weighted by atomic mass is 19.4. The third kappa shape index (κ3) is 6.43. The maximum atomic E-state index is 15.3. The quantitative estimate of drug-likeness (QED) is 0.167. The Morgan fingerprint density at radius 1 is 0.346 bits per heavy atom. The van der Waals surface area contributed by atoms with Crippen molar-refractivity contribution in [3.8, 4) is 57.1 Å². The molecule has 0 bridgehead atoms. The highest BCUT2D eigenvalue weighted by Crippen LogP contribution is 2.49. The third-order valence-corrected chi connectivity index (χ3v) is 15.6. The lowest BCUT2D eigenvalue weighted by atomic mass is 9.90. The average molecular weight is 1010 g/mol. The second-order valence-corrected chi connectivity index (χ2v) is 19.7. The van der Waals surface area contributed by atoms with Crippen LogP contribution in [0.3, 0.4) is 0 Å². The number of benzene rings is 11. The van der Waals surface area contributed by atoms with Crippen LogP contribution in [-0.4, -0.2) is 18.3 Å². The van der Waals surface area contributed by atoms with Crippen LogP contribution in [0.1, 0.15) is 16.7 Å². The molecule has 6 nitrogen and oxygen atoms in total. The summed E-state index contributed by atoms with van der Waals surface area (Å²) in [4.78, 5) is 0. The highest BCUT2D eigenvalue weighted by molar-refractivity contribution is 6.28. The van der Waals surface area contributed by atoms with Gasteiger partial charge >= 0.3 is 6.18 Å². The minimum Gasteiger partial charge on any atom is -0.309 e. The van der Waals surface area contributed by atoms with E-state index in [9.17, 15) is 10.5 Å². The molecule has 0 saturated heterocycles. The molecule has 15 aromatic rings. The van der Waals surface area contributed by atoms with Crippen LogP contribution in [0.5, 0.6) is 0 Å². The molecule has 4 heterocycles. The number of aromatic nitrogens is 4. The van der Waals surface area contributed by atoms with Crippen molar-refractivity contribution in [1.82, 2.24) is 18.3 Å². The second kappa shape index (κ2) is 17.0. The molecule has 0 fully saturated rings. The Morgan fingerprint density at radius 2 is 0.833 bits per heavy atom. The molecule has 0 aliphatic carbocycles. The second-order valence-electron chi connectivity index (χ2n) is 19.7. The van der Waals surface area contributed by atoms with E-state index in [-0.39, 0.29) is 16.7 Å². The molecule has 0 amide bonds. The summed E-state index contributed by atoms with van der Waals surface area (Å²) < 4.78 is 55.0. The van der Waals surface area contributed by atoms with Crippen LogP contribution in [0.2, 0.25) is 0 Å². The van der Waals surface area contributed by atoms with Crippen LogP contribution in [0.4, 0.5) is 13.2 Å². The minimum atomic E-state index is -4.79. The van der Waals surface area contributed by atoms with E-state index in [0.29, 0.717) is 28.1 Å². The first kappa shape index (κ1) is 44.8. The zero-order chi connectivity index (χ0) is 52.4. The lowest BCUT2D eigenvalue weighted by Gasteiger charge is -2.21. The molecule has 0 atom stereocenters. The van der Waals surface area contributed by atoms with Crippen molar-refractivity contribution < 1.29 is 13.2 Å². The Labute approximate surface area is 443 Å². The first-order valence-electron chi connectivity index (χ1n) is 25.6. The number of para-hydroxylation sites is 6. The Kier molecular flexibility index (Phi) is 9.75. The normalized spacial score (nSPS) is 12.0. The Hall–Kier alpha value is -10.6.